The smallest absolute Gasteiger partial charge is 0.157 e. The van der Waals surface area contributed by atoms with Crippen LogP contribution in [0.15, 0.2) is 24.5 Å². The first kappa shape index (κ1) is 10.5. The molecule has 0 saturated carbocycles. The summed E-state index contributed by atoms with van der Waals surface area (Å²) in [4.78, 5) is 6.96. The van der Waals surface area contributed by atoms with Crippen molar-refractivity contribution in [2.45, 2.75) is 19.4 Å². The van der Waals surface area contributed by atoms with Crippen LogP contribution in [0.4, 0.5) is 5.82 Å². The van der Waals surface area contributed by atoms with Crippen molar-refractivity contribution in [2.24, 2.45) is 11.7 Å². The topological polar surface area (TPSA) is 59.5 Å². The fourth-order valence-corrected chi connectivity index (χ4v) is 2.59. The van der Waals surface area contributed by atoms with Gasteiger partial charge < -0.3 is 10.6 Å². The highest BCUT2D eigenvalue weighted by Crippen LogP contribution is 2.27. The third kappa shape index (κ3) is 1.76. The Morgan fingerprint density at radius 2 is 2.35 bits per heavy atom. The number of hydrogen-bond acceptors (Lipinski definition) is 4. The Morgan fingerprint density at radius 1 is 1.47 bits per heavy atom. The van der Waals surface area contributed by atoms with Gasteiger partial charge in [0, 0.05) is 24.8 Å². The van der Waals surface area contributed by atoms with E-state index >= 15 is 0 Å². The number of hydrogen-bond donors (Lipinski definition) is 1. The van der Waals surface area contributed by atoms with Crippen LogP contribution < -0.4 is 10.6 Å². The lowest BCUT2D eigenvalue weighted by Crippen LogP contribution is -2.28. The molecule has 2 atom stereocenters. The fourth-order valence-electron chi connectivity index (χ4n) is 2.59. The molecule has 5 heteroatoms. The van der Waals surface area contributed by atoms with Crippen LogP contribution in [0, 0.1) is 5.92 Å². The summed E-state index contributed by atoms with van der Waals surface area (Å²) >= 11 is 0. The van der Waals surface area contributed by atoms with Gasteiger partial charge in [0.05, 0.1) is 6.20 Å². The lowest BCUT2D eigenvalue weighted by molar-refractivity contribution is 0.579. The third-order valence-electron chi connectivity index (χ3n) is 3.53. The first-order valence-corrected chi connectivity index (χ1v) is 6.05. The maximum absolute atomic E-state index is 5.75. The van der Waals surface area contributed by atoms with Gasteiger partial charge >= 0.3 is 0 Å². The molecule has 2 aromatic heterocycles. The Balaban J connectivity index is 1.92. The van der Waals surface area contributed by atoms with E-state index in [4.69, 9.17) is 5.73 Å². The van der Waals surface area contributed by atoms with Gasteiger partial charge in [-0.25, -0.2) is 9.50 Å². The van der Waals surface area contributed by atoms with E-state index in [9.17, 15) is 0 Å². The molecule has 0 bridgehead atoms. The molecule has 1 fully saturated rings. The van der Waals surface area contributed by atoms with Crippen LogP contribution >= 0.6 is 0 Å². The molecule has 1 saturated heterocycles. The summed E-state index contributed by atoms with van der Waals surface area (Å²) in [6, 6.07) is 4.46. The van der Waals surface area contributed by atoms with Crippen LogP contribution in [-0.4, -0.2) is 33.7 Å². The van der Waals surface area contributed by atoms with Crippen molar-refractivity contribution in [1.82, 2.24) is 14.6 Å². The fraction of sp³-hybridized carbons (Fsp3) is 0.500. The molecule has 0 amide bonds. The highest BCUT2D eigenvalue weighted by molar-refractivity contribution is 5.48. The standard InChI is InChI=1S/C12H17N5/c1-9-6-10(7-13)8-16(9)11-3-5-17-12(15-11)2-4-14-17/h2-5,9-10H,6-8,13H2,1H3. The molecule has 1 aliphatic heterocycles. The maximum Gasteiger partial charge on any atom is 0.157 e. The quantitative estimate of drug-likeness (QED) is 0.834. The zero-order valence-electron chi connectivity index (χ0n) is 9.95. The van der Waals surface area contributed by atoms with Gasteiger partial charge in [-0.05, 0) is 31.9 Å². The lowest BCUT2D eigenvalue weighted by atomic mass is 10.1. The number of nitrogens with two attached hydrogens (primary N) is 1. The highest BCUT2D eigenvalue weighted by atomic mass is 15.3. The van der Waals surface area contributed by atoms with Crippen LogP contribution in [0.5, 0.6) is 0 Å². The lowest BCUT2D eigenvalue weighted by Gasteiger charge is -2.22. The van der Waals surface area contributed by atoms with E-state index in [0.717, 1.165) is 31.0 Å². The second-order valence-corrected chi connectivity index (χ2v) is 4.76. The van der Waals surface area contributed by atoms with Gasteiger partial charge in [0.1, 0.15) is 5.82 Å². The number of nitrogens with zero attached hydrogens (tertiary/aromatic N) is 4. The minimum Gasteiger partial charge on any atom is -0.353 e. The van der Waals surface area contributed by atoms with Gasteiger partial charge in [0.25, 0.3) is 0 Å². The average molecular weight is 231 g/mol. The summed E-state index contributed by atoms with van der Waals surface area (Å²) in [6.07, 6.45) is 4.88. The Hall–Kier alpha value is -1.62. The van der Waals surface area contributed by atoms with Crippen molar-refractivity contribution >= 4 is 11.5 Å². The number of rotatable bonds is 2. The van der Waals surface area contributed by atoms with Gasteiger partial charge in [-0.15, -0.1) is 0 Å². The van der Waals surface area contributed by atoms with Gasteiger partial charge in [0.15, 0.2) is 5.65 Å². The monoisotopic (exact) mass is 231 g/mol. The van der Waals surface area contributed by atoms with Crippen LogP contribution in [0.2, 0.25) is 0 Å². The zero-order chi connectivity index (χ0) is 11.8. The second kappa shape index (κ2) is 4.00. The van der Waals surface area contributed by atoms with Crippen molar-refractivity contribution in [2.75, 3.05) is 18.0 Å². The summed E-state index contributed by atoms with van der Waals surface area (Å²) in [5.41, 5.74) is 6.64. The summed E-state index contributed by atoms with van der Waals surface area (Å²) in [7, 11) is 0. The maximum atomic E-state index is 5.75. The first-order valence-electron chi connectivity index (χ1n) is 6.05. The average Bonchev–Trinajstić information content (AvgIpc) is 2.93. The highest BCUT2D eigenvalue weighted by Gasteiger charge is 2.28. The Labute approximate surface area is 100 Å². The summed E-state index contributed by atoms with van der Waals surface area (Å²) < 4.78 is 1.78. The molecule has 2 aromatic rings. The van der Waals surface area contributed by atoms with E-state index in [1.807, 2.05) is 18.3 Å². The van der Waals surface area contributed by atoms with Crippen molar-refractivity contribution in [1.29, 1.82) is 0 Å². The van der Waals surface area contributed by atoms with E-state index in [-0.39, 0.29) is 0 Å². The minimum atomic E-state index is 0.515. The molecule has 1 aliphatic rings. The predicted octanol–water partition coefficient (Wildman–Crippen LogP) is 0.903. The first-order chi connectivity index (χ1) is 8.28. The normalized spacial score (nSPS) is 24.7. The van der Waals surface area contributed by atoms with Crippen molar-refractivity contribution in [3.8, 4) is 0 Å². The van der Waals surface area contributed by atoms with E-state index in [2.05, 4.69) is 21.9 Å². The minimum absolute atomic E-state index is 0.515. The van der Waals surface area contributed by atoms with Crippen molar-refractivity contribution in [3.05, 3.63) is 24.5 Å². The molecular weight excluding hydrogens is 214 g/mol. The molecule has 2 unspecified atom stereocenters. The van der Waals surface area contributed by atoms with E-state index in [1.165, 1.54) is 0 Å². The molecule has 3 heterocycles. The molecule has 0 aromatic carbocycles. The van der Waals surface area contributed by atoms with Gasteiger partial charge in [-0.1, -0.05) is 0 Å². The molecule has 3 rings (SSSR count). The SMILES string of the molecule is CC1CC(CN)CN1c1ccn2nccc2n1. The Kier molecular flexibility index (Phi) is 2.48. The summed E-state index contributed by atoms with van der Waals surface area (Å²) in [5, 5.41) is 4.15. The third-order valence-corrected chi connectivity index (χ3v) is 3.53. The van der Waals surface area contributed by atoms with Gasteiger partial charge in [-0.3, -0.25) is 0 Å². The van der Waals surface area contributed by atoms with Gasteiger partial charge in [0.2, 0.25) is 0 Å². The predicted molar refractivity (Wildman–Crippen MR) is 67.0 cm³/mol. The number of fused-ring (bicyclic) bond motifs is 1. The van der Waals surface area contributed by atoms with Crippen LogP contribution in [0.3, 0.4) is 0 Å². The summed E-state index contributed by atoms with van der Waals surface area (Å²) in [5.74, 6) is 1.62. The molecular formula is C12H17N5. The van der Waals surface area contributed by atoms with Crippen LogP contribution in [0.25, 0.3) is 5.65 Å². The van der Waals surface area contributed by atoms with Crippen molar-refractivity contribution < 1.29 is 0 Å². The molecule has 5 nitrogen and oxygen atoms in total. The second-order valence-electron chi connectivity index (χ2n) is 4.76. The number of aromatic nitrogens is 3. The van der Waals surface area contributed by atoms with E-state index in [0.29, 0.717) is 12.0 Å². The molecule has 2 N–H and O–H groups in total. The molecule has 0 aliphatic carbocycles. The zero-order valence-corrected chi connectivity index (χ0v) is 9.95. The van der Waals surface area contributed by atoms with Crippen molar-refractivity contribution in [3.63, 3.8) is 0 Å². The largest absolute Gasteiger partial charge is 0.353 e. The molecule has 90 valence electrons. The van der Waals surface area contributed by atoms with Crippen LogP contribution in [-0.2, 0) is 0 Å². The number of anilines is 1. The summed E-state index contributed by atoms with van der Waals surface area (Å²) in [6.45, 7) is 4.00. The Morgan fingerprint density at radius 3 is 3.12 bits per heavy atom. The molecule has 17 heavy (non-hydrogen) atoms. The molecule has 0 radical (unpaired) electrons. The Bertz CT molecular complexity index is 520. The van der Waals surface area contributed by atoms with E-state index in [1.54, 1.807) is 10.7 Å². The molecule has 0 spiro atoms. The van der Waals surface area contributed by atoms with Crippen LogP contribution in [0.1, 0.15) is 13.3 Å². The van der Waals surface area contributed by atoms with E-state index < -0.39 is 0 Å². The van der Waals surface area contributed by atoms with Gasteiger partial charge in [-0.2, -0.15) is 5.10 Å².